The van der Waals surface area contributed by atoms with Gasteiger partial charge in [-0.2, -0.15) is 0 Å². The molecule has 0 aliphatic rings. The van der Waals surface area contributed by atoms with Gasteiger partial charge in [-0.1, -0.05) is 40.0 Å². The standard InChI is InChI=1S/C12H22/c1-4-6-8-9-11-12(3)10-7-5-2/h12H,4-8,10H2,1-3H3. The van der Waals surface area contributed by atoms with Crippen LogP contribution in [0.25, 0.3) is 0 Å². The molecule has 1 unspecified atom stereocenters. The summed E-state index contributed by atoms with van der Waals surface area (Å²) in [6.45, 7) is 6.67. The van der Waals surface area contributed by atoms with Crippen molar-refractivity contribution in [1.29, 1.82) is 0 Å². The lowest BCUT2D eigenvalue weighted by atomic mass is 10.1. The third-order valence-electron chi connectivity index (χ3n) is 1.99. The van der Waals surface area contributed by atoms with Crippen LogP contribution < -0.4 is 0 Å². The van der Waals surface area contributed by atoms with Gasteiger partial charge in [0.25, 0.3) is 0 Å². The van der Waals surface area contributed by atoms with Gasteiger partial charge in [-0.05, 0) is 12.8 Å². The summed E-state index contributed by atoms with van der Waals surface area (Å²) in [7, 11) is 0. The highest BCUT2D eigenvalue weighted by Crippen LogP contribution is 2.05. The Labute approximate surface area is 77.8 Å². The van der Waals surface area contributed by atoms with Crippen LogP contribution in [0, 0.1) is 17.8 Å². The molecule has 0 aromatic rings. The minimum atomic E-state index is 0.613. The van der Waals surface area contributed by atoms with Crippen molar-refractivity contribution in [1.82, 2.24) is 0 Å². The summed E-state index contributed by atoms with van der Waals surface area (Å²) in [4.78, 5) is 0. The smallest absolute Gasteiger partial charge is 0.0174 e. The summed E-state index contributed by atoms with van der Waals surface area (Å²) in [5.74, 6) is 7.16. The van der Waals surface area contributed by atoms with Crippen LogP contribution in [0.3, 0.4) is 0 Å². The number of hydrogen-bond acceptors (Lipinski definition) is 0. The number of hydrogen-bond donors (Lipinski definition) is 0. The van der Waals surface area contributed by atoms with E-state index in [-0.39, 0.29) is 0 Å². The zero-order chi connectivity index (χ0) is 9.23. The Balaban J connectivity index is 3.36. The van der Waals surface area contributed by atoms with E-state index in [1.54, 1.807) is 0 Å². The van der Waals surface area contributed by atoms with Gasteiger partial charge < -0.3 is 0 Å². The lowest BCUT2D eigenvalue weighted by Gasteiger charge is -2.00. The van der Waals surface area contributed by atoms with Gasteiger partial charge >= 0.3 is 0 Å². The summed E-state index contributed by atoms with van der Waals surface area (Å²) in [6.07, 6.45) is 7.50. The molecule has 0 fully saturated rings. The molecule has 70 valence electrons. The summed E-state index contributed by atoms with van der Waals surface area (Å²) in [5.41, 5.74) is 0. The van der Waals surface area contributed by atoms with E-state index in [1.165, 1.54) is 32.1 Å². The van der Waals surface area contributed by atoms with Crippen LogP contribution in [0.4, 0.5) is 0 Å². The molecular weight excluding hydrogens is 144 g/mol. The summed E-state index contributed by atoms with van der Waals surface area (Å²) < 4.78 is 0. The van der Waals surface area contributed by atoms with Crippen LogP contribution in [0.15, 0.2) is 0 Å². The number of rotatable bonds is 5. The molecule has 0 aromatic carbocycles. The fourth-order valence-electron chi connectivity index (χ4n) is 1.09. The van der Waals surface area contributed by atoms with E-state index in [2.05, 4.69) is 32.6 Å². The van der Waals surface area contributed by atoms with Gasteiger partial charge in [0.05, 0.1) is 0 Å². The van der Waals surface area contributed by atoms with Gasteiger partial charge in [-0.25, -0.2) is 0 Å². The molecule has 12 heavy (non-hydrogen) atoms. The highest BCUT2D eigenvalue weighted by atomic mass is 14.0. The second kappa shape index (κ2) is 8.65. The Morgan fingerprint density at radius 3 is 2.33 bits per heavy atom. The Morgan fingerprint density at radius 2 is 1.75 bits per heavy atom. The predicted octanol–water partition coefficient (Wildman–Crippen LogP) is 4.01. The largest absolute Gasteiger partial charge is 0.103 e. The quantitative estimate of drug-likeness (QED) is 0.427. The monoisotopic (exact) mass is 166 g/mol. The van der Waals surface area contributed by atoms with E-state index in [1.807, 2.05) is 0 Å². The Kier molecular flexibility index (Phi) is 8.34. The van der Waals surface area contributed by atoms with Crippen molar-refractivity contribution in [3.8, 4) is 11.8 Å². The zero-order valence-corrected chi connectivity index (χ0v) is 8.82. The van der Waals surface area contributed by atoms with Crippen molar-refractivity contribution >= 4 is 0 Å². The molecule has 0 heteroatoms. The summed E-state index contributed by atoms with van der Waals surface area (Å²) in [5, 5.41) is 0. The molecule has 0 rings (SSSR count). The van der Waals surface area contributed by atoms with Gasteiger partial charge in [0.15, 0.2) is 0 Å². The van der Waals surface area contributed by atoms with Crippen LogP contribution >= 0.6 is 0 Å². The predicted molar refractivity (Wildman–Crippen MR) is 56.0 cm³/mol. The zero-order valence-electron chi connectivity index (χ0n) is 8.82. The molecule has 0 spiro atoms. The van der Waals surface area contributed by atoms with Gasteiger partial charge in [0.1, 0.15) is 0 Å². The highest BCUT2D eigenvalue weighted by molar-refractivity contribution is 5.02. The van der Waals surface area contributed by atoms with Crippen molar-refractivity contribution in [2.75, 3.05) is 0 Å². The molecular formula is C12H22. The van der Waals surface area contributed by atoms with Gasteiger partial charge in [0.2, 0.25) is 0 Å². The summed E-state index contributed by atoms with van der Waals surface area (Å²) in [6, 6.07) is 0. The second-order valence-corrected chi connectivity index (χ2v) is 3.47. The molecule has 0 saturated heterocycles. The highest BCUT2D eigenvalue weighted by Gasteiger charge is 1.93. The van der Waals surface area contributed by atoms with Crippen molar-refractivity contribution in [3.63, 3.8) is 0 Å². The maximum atomic E-state index is 3.30. The molecule has 1 atom stereocenters. The minimum absolute atomic E-state index is 0.613. The van der Waals surface area contributed by atoms with E-state index in [9.17, 15) is 0 Å². The van der Waals surface area contributed by atoms with E-state index in [4.69, 9.17) is 0 Å². The topological polar surface area (TPSA) is 0 Å². The lowest BCUT2D eigenvalue weighted by molar-refractivity contribution is 0.613. The van der Waals surface area contributed by atoms with E-state index < -0.39 is 0 Å². The maximum Gasteiger partial charge on any atom is 0.0174 e. The Morgan fingerprint density at radius 1 is 1.08 bits per heavy atom. The number of unbranched alkanes of at least 4 members (excludes halogenated alkanes) is 3. The van der Waals surface area contributed by atoms with Crippen LogP contribution in [-0.4, -0.2) is 0 Å². The van der Waals surface area contributed by atoms with Crippen LogP contribution in [0.1, 0.15) is 59.3 Å². The Hall–Kier alpha value is -0.440. The van der Waals surface area contributed by atoms with E-state index in [0.717, 1.165) is 6.42 Å². The molecule has 0 amide bonds. The minimum Gasteiger partial charge on any atom is -0.103 e. The molecule has 0 saturated carbocycles. The van der Waals surface area contributed by atoms with Crippen molar-refractivity contribution in [2.24, 2.45) is 5.92 Å². The van der Waals surface area contributed by atoms with Gasteiger partial charge in [-0.3, -0.25) is 0 Å². The third-order valence-corrected chi connectivity index (χ3v) is 1.99. The van der Waals surface area contributed by atoms with Crippen LogP contribution in [-0.2, 0) is 0 Å². The van der Waals surface area contributed by atoms with Crippen LogP contribution in [0.2, 0.25) is 0 Å². The van der Waals surface area contributed by atoms with Crippen molar-refractivity contribution in [3.05, 3.63) is 0 Å². The average molecular weight is 166 g/mol. The van der Waals surface area contributed by atoms with E-state index in [0.29, 0.717) is 5.92 Å². The first-order valence-electron chi connectivity index (χ1n) is 5.29. The SMILES string of the molecule is CCCCC#CC(C)CCCC. The molecule has 0 aliphatic carbocycles. The van der Waals surface area contributed by atoms with Gasteiger partial charge in [-0.15, -0.1) is 11.8 Å². The average Bonchev–Trinajstić information content (AvgIpc) is 2.09. The second-order valence-electron chi connectivity index (χ2n) is 3.47. The molecule has 0 bridgehead atoms. The first kappa shape index (κ1) is 11.6. The molecule has 0 heterocycles. The molecule has 0 aromatic heterocycles. The van der Waals surface area contributed by atoms with Crippen molar-refractivity contribution < 1.29 is 0 Å². The first-order chi connectivity index (χ1) is 5.81. The molecule has 0 nitrogen and oxygen atoms in total. The third kappa shape index (κ3) is 7.66. The normalized spacial score (nSPS) is 11.9. The van der Waals surface area contributed by atoms with E-state index >= 15 is 0 Å². The Bertz CT molecular complexity index is 136. The first-order valence-corrected chi connectivity index (χ1v) is 5.29. The molecule has 0 N–H and O–H groups in total. The lowest BCUT2D eigenvalue weighted by Crippen LogP contribution is -1.89. The fourth-order valence-corrected chi connectivity index (χ4v) is 1.09. The van der Waals surface area contributed by atoms with Crippen LogP contribution in [0.5, 0.6) is 0 Å². The van der Waals surface area contributed by atoms with Gasteiger partial charge in [0, 0.05) is 12.3 Å². The van der Waals surface area contributed by atoms with Crippen molar-refractivity contribution in [2.45, 2.75) is 59.3 Å². The fraction of sp³-hybridized carbons (Fsp3) is 0.833. The molecule has 0 radical (unpaired) electrons. The maximum absolute atomic E-state index is 3.30. The summed E-state index contributed by atoms with van der Waals surface area (Å²) >= 11 is 0. The molecule has 0 aliphatic heterocycles.